The van der Waals surface area contributed by atoms with Crippen molar-refractivity contribution >= 4 is 69.2 Å². The van der Waals surface area contributed by atoms with Crippen molar-refractivity contribution in [1.29, 1.82) is 0 Å². The first-order valence-electron chi connectivity index (χ1n) is 7.52. The number of hydrazine groups is 2. The van der Waals surface area contributed by atoms with Crippen molar-refractivity contribution in [3.63, 3.8) is 0 Å². The Morgan fingerprint density at radius 3 is 1.43 bits per heavy atom. The molecular weight excluding hydrogens is 484 g/mol. The summed E-state index contributed by atoms with van der Waals surface area (Å²) in [6.07, 6.45) is 0. The van der Waals surface area contributed by atoms with E-state index in [2.05, 4.69) is 44.8 Å². The fraction of sp³-hybridized carbons (Fsp3) is 0.833. The summed E-state index contributed by atoms with van der Waals surface area (Å²) in [5.41, 5.74) is 6.68. The number of piperazine rings is 2. The van der Waals surface area contributed by atoms with Crippen LogP contribution in [0.1, 0.15) is 0 Å². The number of thiocarbonyl (C=S) groups is 2. The van der Waals surface area contributed by atoms with Crippen molar-refractivity contribution in [3.05, 3.63) is 0 Å². The molecule has 2 heterocycles. The second-order valence-electron chi connectivity index (χ2n) is 5.61. The Bertz CT molecular complexity index is 363. The molecule has 0 unspecified atom stereocenters. The molecule has 0 spiro atoms. The zero-order valence-corrected chi connectivity index (χ0v) is 19.1. The van der Waals surface area contributed by atoms with Crippen LogP contribution in [-0.2, 0) is 0 Å². The molecule has 2 fully saturated rings. The van der Waals surface area contributed by atoms with Gasteiger partial charge in [-0.1, -0.05) is 0 Å². The predicted molar refractivity (Wildman–Crippen MR) is 111 cm³/mol. The van der Waals surface area contributed by atoms with Crippen LogP contribution in [-0.4, -0.2) is 113 Å². The molecule has 0 aromatic heterocycles. The van der Waals surface area contributed by atoms with Gasteiger partial charge in [-0.3, -0.25) is 0 Å². The summed E-state index contributed by atoms with van der Waals surface area (Å²) in [5.74, 6) is 0. The molecular formula is C12H24N6S4Te. The third-order valence-corrected chi connectivity index (χ3v) is 13.8. The molecule has 0 radical (unpaired) electrons. The summed E-state index contributed by atoms with van der Waals surface area (Å²) < 4.78 is 1.76. The SMILES string of the molecule is CN1CCN(NC(=S)S[Te]SC(=S)NN2CCN(C)CC2)CC1. The minimum absolute atomic E-state index is 0.364. The number of rotatable bonds is 4. The summed E-state index contributed by atoms with van der Waals surface area (Å²) >= 11 is 10.5. The molecule has 132 valence electrons. The first-order chi connectivity index (χ1) is 11.0. The third kappa shape index (κ3) is 8.35. The van der Waals surface area contributed by atoms with Crippen molar-refractivity contribution in [2.24, 2.45) is 0 Å². The molecule has 0 saturated carbocycles. The fourth-order valence-corrected chi connectivity index (χ4v) is 11.5. The Morgan fingerprint density at radius 1 is 0.739 bits per heavy atom. The number of nitrogens with zero attached hydrogens (tertiary/aromatic N) is 4. The normalized spacial score (nSPS) is 22.0. The van der Waals surface area contributed by atoms with Crippen LogP contribution in [0.3, 0.4) is 0 Å². The van der Waals surface area contributed by atoms with Crippen molar-refractivity contribution in [1.82, 2.24) is 30.7 Å². The van der Waals surface area contributed by atoms with Gasteiger partial charge in [-0.05, 0) is 0 Å². The van der Waals surface area contributed by atoms with Gasteiger partial charge < -0.3 is 0 Å². The Morgan fingerprint density at radius 2 is 1.09 bits per heavy atom. The number of nitrogens with one attached hydrogen (secondary N) is 2. The van der Waals surface area contributed by atoms with E-state index >= 15 is 0 Å². The standard InChI is InChI=1S/C12H24N6S4Te/c1-15-3-7-17(8-4-15)13-11(19)21-23-22-12(20)14-18-9-5-16(2)6-10-18/h3-10H2,1-2H3,(H,13,19)(H,14,20). The molecule has 0 amide bonds. The Hall–Kier alpha value is 1.11. The first-order valence-corrected chi connectivity index (χ1v) is 15.5. The Balaban J connectivity index is 1.53. The molecule has 6 nitrogen and oxygen atoms in total. The van der Waals surface area contributed by atoms with Crippen molar-refractivity contribution < 1.29 is 0 Å². The average Bonchev–Trinajstić information content (AvgIpc) is 2.52. The van der Waals surface area contributed by atoms with E-state index in [1.807, 2.05) is 0 Å². The third-order valence-electron chi connectivity index (χ3n) is 3.72. The summed E-state index contributed by atoms with van der Waals surface area (Å²) in [6.45, 7) is 8.44. The summed E-state index contributed by atoms with van der Waals surface area (Å²) in [6, 6.07) is 0. The fourth-order valence-electron chi connectivity index (χ4n) is 2.21. The second-order valence-corrected chi connectivity index (χ2v) is 15.0. The van der Waals surface area contributed by atoms with Crippen molar-refractivity contribution in [2.75, 3.05) is 66.5 Å². The molecule has 2 rings (SSSR count). The van der Waals surface area contributed by atoms with E-state index in [0.29, 0.717) is 0 Å². The van der Waals surface area contributed by atoms with Crippen LogP contribution >= 0.6 is 42.4 Å². The van der Waals surface area contributed by atoms with Gasteiger partial charge in [-0.2, -0.15) is 0 Å². The monoisotopic (exact) mass is 510 g/mol. The van der Waals surface area contributed by atoms with Gasteiger partial charge in [0.1, 0.15) is 0 Å². The molecule has 0 bridgehead atoms. The average molecular weight is 508 g/mol. The minimum atomic E-state index is -0.364. The molecule has 23 heavy (non-hydrogen) atoms. The molecule has 0 atom stereocenters. The summed E-state index contributed by atoms with van der Waals surface area (Å²) in [4.78, 5) is 4.67. The molecule has 0 aromatic carbocycles. The van der Waals surface area contributed by atoms with Crippen LogP contribution in [0.4, 0.5) is 0 Å². The van der Waals surface area contributed by atoms with Crippen LogP contribution in [0.25, 0.3) is 0 Å². The quantitative estimate of drug-likeness (QED) is 0.403. The molecule has 11 heteroatoms. The molecule has 2 aliphatic rings. The van der Waals surface area contributed by atoms with Crippen LogP contribution < -0.4 is 10.9 Å². The number of hydrogen-bond acceptors (Lipinski definition) is 8. The zero-order chi connectivity index (χ0) is 16.7. The van der Waals surface area contributed by atoms with Gasteiger partial charge in [0.2, 0.25) is 0 Å². The Labute approximate surface area is 165 Å². The van der Waals surface area contributed by atoms with E-state index in [1.54, 1.807) is 18.0 Å². The van der Waals surface area contributed by atoms with Crippen LogP contribution in [0.15, 0.2) is 0 Å². The molecule has 0 aliphatic carbocycles. The second kappa shape index (κ2) is 11.0. The predicted octanol–water partition coefficient (Wildman–Crippen LogP) is 0.0608. The van der Waals surface area contributed by atoms with Crippen molar-refractivity contribution in [2.45, 2.75) is 0 Å². The van der Waals surface area contributed by atoms with E-state index in [0.717, 1.165) is 61.0 Å². The maximum atomic E-state index is 5.43. The van der Waals surface area contributed by atoms with Gasteiger partial charge in [0.05, 0.1) is 0 Å². The van der Waals surface area contributed by atoms with E-state index in [4.69, 9.17) is 24.4 Å². The van der Waals surface area contributed by atoms with Gasteiger partial charge in [-0.25, -0.2) is 0 Å². The van der Waals surface area contributed by atoms with Crippen LogP contribution in [0, 0.1) is 0 Å². The summed E-state index contributed by atoms with van der Waals surface area (Å²) in [5, 5.41) is 4.43. The van der Waals surface area contributed by atoms with Gasteiger partial charge in [-0.15, -0.1) is 0 Å². The molecule has 2 N–H and O–H groups in total. The van der Waals surface area contributed by atoms with E-state index in [1.165, 1.54) is 0 Å². The van der Waals surface area contributed by atoms with Crippen molar-refractivity contribution in [3.8, 4) is 0 Å². The molecule has 2 aliphatic heterocycles. The van der Waals surface area contributed by atoms with Crippen LogP contribution in [0.2, 0.25) is 0 Å². The van der Waals surface area contributed by atoms with Gasteiger partial charge in [0.15, 0.2) is 0 Å². The zero-order valence-electron chi connectivity index (χ0n) is 13.5. The topological polar surface area (TPSA) is 37.0 Å². The van der Waals surface area contributed by atoms with E-state index in [-0.39, 0.29) is 18.2 Å². The number of likely N-dealkylation sites (N-methyl/N-ethyl adjacent to an activating group) is 2. The molecule has 0 aromatic rings. The molecule has 2 saturated heterocycles. The van der Waals surface area contributed by atoms with Gasteiger partial charge in [0, 0.05) is 0 Å². The van der Waals surface area contributed by atoms with E-state index in [9.17, 15) is 0 Å². The van der Waals surface area contributed by atoms with Gasteiger partial charge >= 0.3 is 166 Å². The maximum absolute atomic E-state index is 5.43. The van der Waals surface area contributed by atoms with Crippen LogP contribution in [0.5, 0.6) is 0 Å². The number of hydrogen-bond donors (Lipinski definition) is 2. The first kappa shape index (κ1) is 20.4. The summed E-state index contributed by atoms with van der Waals surface area (Å²) in [7, 11) is 7.84. The van der Waals surface area contributed by atoms with E-state index < -0.39 is 0 Å². The Kier molecular flexibility index (Phi) is 9.73. The van der Waals surface area contributed by atoms with Gasteiger partial charge in [0.25, 0.3) is 0 Å².